The molecule has 0 heterocycles. The predicted octanol–water partition coefficient (Wildman–Crippen LogP) is 2.52. The van der Waals surface area contributed by atoms with E-state index in [2.05, 4.69) is 0 Å². The first kappa shape index (κ1) is 14.6. The molecule has 0 saturated heterocycles. The van der Waals surface area contributed by atoms with Gasteiger partial charge in [0.15, 0.2) is 0 Å². The Labute approximate surface area is 94.6 Å². The van der Waals surface area contributed by atoms with Gasteiger partial charge in [-0.1, -0.05) is 23.2 Å². The molecule has 8 heteroatoms. The third-order valence-electron chi connectivity index (χ3n) is 1.24. The summed E-state index contributed by atoms with van der Waals surface area (Å²) >= 11 is 10.7. The lowest BCUT2D eigenvalue weighted by atomic mass is 10.2. The predicted molar refractivity (Wildman–Crippen MR) is 51.7 cm³/mol. The average Bonchev–Trinajstić information content (AvgIpc) is 2.02. The van der Waals surface area contributed by atoms with Crippen LogP contribution in [-0.4, -0.2) is 17.7 Å². The van der Waals surface area contributed by atoms with Crippen LogP contribution in [0.3, 0.4) is 0 Å². The topological polar surface area (TPSA) is 40.5 Å². The first-order chi connectivity index (χ1) is 6.82. The fourth-order valence-electron chi connectivity index (χ4n) is 0.719. The molecule has 0 aromatic heterocycles. The number of hydrogen-bond donors (Lipinski definition) is 2. The Kier molecular flexibility index (Phi) is 6.05. The maximum absolute atomic E-state index is 12.1. The molecule has 1 radical (unpaired) electrons. The van der Waals surface area contributed by atoms with Crippen molar-refractivity contribution in [3.05, 3.63) is 33.8 Å². The molecule has 1 aromatic carbocycles. The second kappa shape index (κ2) is 6.22. The molecule has 2 N–H and O–H groups in total. The van der Waals surface area contributed by atoms with Gasteiger partial charge in [0.05, 0.1) is 10.6 Å². The van der Waals surface area contributed by atoms with E-state index < -0.39 is 11.7 Å². The molecule has 0 spiro atoms. The summed E-state index contributed by atoms with van der Waals surface area (Å²) in [5, 5.41) is 13.8. The van der Waals surface area contributed by atoms with Crippen molar-refractivity contribution in [3.63, 3.8) is 0 Å². The van der Waals surface area contributed by atoms with Gasteiger partial charge in [-0.15, -0.1) is 0 Å². The van der Waals surface area contributed by atoms with E-state index in [0.717, 1.165) is 18.2 Å². The van der Waals surface area contributed by atoms with Gasteiger partial charge >= 0.3 is 13.9 Å². The lowest BCUT2D eigenvalue weighted by Gasteiger charge is -2.07. The maximum atomic E-state index is 12.1. The van der Waals surface area contributed by atoms with Gasteiger partial charge in [-0.05, 0) is 18.2 Å². The Morgan fingerprint density at radius 2 is 1.60 bits per heavy atom. The summed E-state index contributed by atoms with van der Waals surface area (Å²) in [6, 6.07) is 3.06. The van der Waals surface area contributed by atoms with Gasteiger partial charge in [0.25, 0.3) is 0 Å². The van der Waals surface area contributed by atoms with Crippen molar-refractivity contribution < 1.29 is 23.2 Å². The van der Waals surface area contributed by atoms with Crippen molar-refractivity contribution in [1.82, 2.24) is 0 Å². The van der Waals surface area contributed by atoms with Crippen molar-refractivity contribution in [2.75, 3.05) is 0 Å². The Morgan fingerprint density at radius 3 is 1.93 bits per heavy atom. The summed E-state index contributed by atoms with van der Waals surface area (Å²) in [6.45, 7) is 0. The van der Waals surface area contributed by atoms with Crippen LogP contribution in [0, 0.1) is 0 Å². The van der Waals surface area contributed by atoms with E-state index in [9.17, 15) is 13.2 Å². The molecule has 0 fully saturated rings. The summed E-state index contributed by atoms with van der Waals surface area (Å²) in [4.78, 5) is 0. The quantitative estimate of drug-likeness (QED) is 0.703. The lowest BCUT2D eigenvalue weighted by Crippen LogP contribution is -2.05. The Bertz CT molecular complexity index is 320. The summed E-state index contributed by atoms with van der Waals surface area (Å²) in [5.41, 5.74) is -0.867. The van der Waals surface area contributed by atoms with E-state index in [1.54, 1.807) is 0 Å². The van der Waals surface area contributed by atoms with Gasteiger partial charge in [-0.25, -0.2) is 0 Å². The zero-order valence-corrected chi connectivity index (χ0v) is 8.61. The molecule has 1 rings (SSSR count). The zero-order valence-electron chi connectivity index (χ0n) is 7.09. The van der Waals surface area contributed by atoms with Crippen molar-refractivity contribution in [1.29, 1.82) is 0 Å². The van der Waals surface area contributed by atoms with Crippen LogP contribution in [-0.2, 0) is 6.18 Å². The minimum Gasteiger partial charge on any atom is -0.429 e. The van der Waals surface area contributed by atoms with Crippen molar-refractivity contribution >= 4 is 30.9 Å². The summed E-state index contributed by atoms with van der Waals surface area (Å²) in [5.74, 6) is 0. The second-order valence-electron chi connectivity index (χ2n) is 2.24. The fraction of sp³-hybridized carbons (Fsp3) is 0.143. The standard InChI is InChI=1S/C7H3Cl2F3.BH2O2/c8-4-1-2-5(6(9)3-4)7(10,11)12;2-1-3/h1-3H;2-3H. The molecular formula is C7H5BCl2F3O2. The van der Waals surface area contributed by atoms with E-state index in [4.69, 9.17) is 33.2 Å². The van der Waals surface area contributed by atoms with Crippen molar-refractivity contribution in [2.45, 2.75) is 6.18 Å². The largest absolute Gasteiger partial charge is 0.482 e. The summed E-state index contributed by atoms with van der Waals surface area (Å²) < 4.78 is 36.2. The molecule has 83 valence electrons. The SMILES string of the molecule is FC(F)(F)c1ccc(Cl)cc1Cl.O[B]O. The third kappa shape index (κ3) is 5.27. The number of benzene rings is 1. The van der Waals surface area contributed by atoms with E-state index in [-0.39, 0.29) is 17.7 Å². The monoisotopic (exact) mass is 259 g/mol. The van der Waals surface area contributed by atoms with Gasteiger partial charge in [0.1, 0.15) is 0 Å². The molecule has 0 saturated carbocycles. The van der Waals surface area contributed by atoms with Gasteiger partial charge in [-0.3, -0.25) is 0 Å². The molecule has 1 aromatic rings. The summed E-state index contributed by atoms with van der Waals surface area (Å²) in [6.07, 6.45) is -4.42. The van der Waals surface area contributed by atoms with E-state index in [0.29, 0.717) is 0 Å². The first-order valence-electron chi connectivity index (χ1n) is 3.45. The minimum absolute atomic E-state index is 0. The molecule has 0 aliphatic heterocycles. The molecule has 0 bridgehead atoms. The van der Waals surface area contributed by atoms with Crippen LogP contribution in [0.15, 0.2) is 18.2 Å². The van der Waals surface area contributed by atoms with Crippen LogP contribution >= 0.6 is 23.2 Å². The number of hydrogen-bond acceptors (Lipinski definition) is 2. The van der Waals surface area contributed by atoms with Crippen LogP contribution in [0.5, 0.6) is 0 Å². The highest BCUT2D eigenvalue weighted by Crippen LogP contribution is 2.35. The highest BCUT2D eigenvalue weighted by atomic mass is 35.5. The highest BCUT2D eigenvalue weighted by molar-refractivity contribution is 6.35. The van der Waals surface area contributed by atoms with E-state index in [1.807, 2.05) is 0 Å². The van der Waals surface area contributed by atoms with Gasteiger partial charge in [0, 0.05) is 5.02 Å². The van der Waals surface area contributed by atoms with Crippen LogP contribution in [0.25, 0.3) is 0 Å². The van der Waals surface area contributed by atoms with Crippen LogP contribution in [0.1, 0.15) is 5.56 Å². The third-order valence-corrected chi connectivity index (χ3v) is 1.78. The van der Waals surface area contributed by atoms with E-state index in [1.165, 1.54) is 0 Å². The highest BCUT2D eigenvalue weighted by Gasteiger charge is 2.32. The Morgan fingerprint density at radius 1 is 1.13 bits per heavy atom. The van der Waals surface area contributed by atoms with Crippen molar-refractivity contribution in [3.8, 4) is 0 Å². The Hall–Kier alpha value is -0.425. The number of halogens is 5. The number of rotatable bonds is 0. The molecular weight excluding hydrogens is 255 g/mol. The van der Waals surface area contributed by atoms with E-state index >= 15 is 0 Å². The molecule has 15 heavy (non-hydrogen) atoms. The molecule has 2 nitrogen and oxygen atoms in total. The Balaban J connectivity index is 0.000000583. The van der Waals surface area contributed by atoms with Crippen molar-refractivity contribution in [2.24, 2.45) is 0 Å². The molecule has 0 aliphatic carbocycles. The molecule has 0 amide bonds. The molecule has 0 atom stereocenters. The second-order valence-corrected chi connectivity index (χ2v) is 3.08. The van der Waals surface area contributed by atoms with Gasteiger partial charge in [0.2, 0.25) is 0 Å². The summed E-state index contributed by atoms with van der Waals surface area (Å²) in [7, 11) is 0. The van der Waals surface area contributed by atoms with Gasteiger partial charge in [-0.2, -0.15) is 13.2 Å². The molecule has 0 unspecified atom stereocenters. The zero-order chi connectivity index (χ0) is 12.1. The average molecular weight is 260 g/mol. The maximum Gasteiger partial charge on any atom is 0.482 e. The molecule has 0 aliphatic rings. The number of alkyl halides is 3. The minimum atomic E-state index is -4.42. The van der Waals surface area contributed by atoms with Gasteiger partial charge < -0.3 is 10.0 Å². The van der Waals surface area contributed by atoms with Crippen LogP contribution in [0.2, 0.25) is 10.0 Å². The first-order valence-corrected chi connectivity index (χ1v) is 4.21. The lowest BCUT2D eigenvalue weighted by molar-refractivity contribution is -0.137. The van der Waals surface area contributed by atoms with Crippen LogP contribution < -0.4 is 0 Å². The normalized spacial score (nSPS) is 10.3. The smallest absolute Gasteiger partial charge is 0.429 e. The van der Waals surface area contributed by atoms with Crippen LogP contribution in [0.4, 0.5) is 13.2 Å². The fourth-order valence-corrected chi connectivity index (χ4v) is 1.24.